The van der Waals surface area contributed by atoms with Gasteiger partial charge in [0.05, 0.1) is 6.26 Å². The van der Waals surface area contributed by atoms with Gasteiger partial charge in [0.2, 0.25) is 5.91 Å². The lowest BCUT2D eigenvalue weighted by Gasteiger charge is -2.29. The second kappa shape index (κ2) is 7.60. The molecule has 0 spiro atoms. The number of rotatable bonds is 5. The summed E-state index contributed by atoms with van der Waals surface area (Å²) in [6.07, 6.45) is 1.78. The van der Waals surface area contributed by atoms with Gasteiger partial charge < -0.3 is 15.1 Å². The zero-order valence-corrected chi connectivity index (χ0v) is 16.6. The number of hydrogen-bond donors (Lipinski definition) is 1. The van der Waals surface area contributed by atoms with E-state index in [-0.39, 0.29) is 24.3 Å². The minimum Gasteiger partial charge on any atom is -0.459 e. The summed E-state index contributed by atoms with van der Waals surface area (Å²) in [5.41, 5.74) is 7.56. The molecule has 0 saturated carbocycles. The van der Waals surface area contributed by atoms with Gasteiger partial charge in [-0.05, 0) is 48.1 Å². The number of hydrogen-bond acceptors (Lipinski definition) is 4. The van der Waals surface area contributed by atoms with E-state index < -0.39 is 0 Å². The third-order valence-electron chi connectivity index (χ3n) is 5.95. The van der Waals surface area contributed by atoms with Crippen molar-refractivity contribution in [1.29, 1.82) is 0 Å². The van der Waals surface area contributed by atoms with Crippen molar-refractivity contribution in [1.82, 2.24) is 9.80 Å². The summed E-state index contributed by atoms with van der Waals surface area (Å²) in [5.74, 6) is 0.779. The van der Waals surface area contributed by atoms with Gasteiger partial charge in [-0.3, -0.25) is 14.5 Å². The van der Waals surface area contributed by atoms with E-state index in [1.807, 2.05) is 30.0 Å². The van der Waals surface area contributed by atoms with Crippen molar-refractivity contribution >= 4 is 23.4 Å². The summed E-state index contributed by atoms with van der Waals surface area (Å²) < 4.78 is 5.25. The maximum Gasteiger partial charge on any atom is 0.289 e. The van der Waals surface area contributed by atoms with Crippen molar-refractivity contribution < 1.29 is 14.0 Å². The summed E-state index contributed by atoms with van der Waals surface area (Å²) in [4.78, 5) is 28.4. The monoisotopic (exact) mass is 401 g/mol. The standard InChI is InChI=1S/C21H24ClN3O3/c1-13-4-5-14(7-17(13)22)18(8-20(23)26)24-9-15-11-25(12-16(15)10-24)21(27)19-3-2-6-28-19/h2-7,15-16,18H,8-12H2,1H3,(H2,23,26). The molecule has 1 aromatic carbocycles. The number of carbonyl (C=O) groups is 2. The molecule has 2 aromatic rings. The van der Waals surface area contributed by atoms with Crippen LogP contribution in [0.4, 0.5) is 0 Å². The molecule has 0 aliphatic carbocycles. The number of aryl methyl sites for hydroxylation is 1. The molecule has 2 saturated heterocycles. The zero-order chi connectivity index (χ0) is 19.8. The Labute approximate surface area is 169 Å². The highest BCUT2D eigenvalue weighted by Crippen LogP contribution is 2.38. The number of primary amides is 1. The van der Waals surface area contributed by atoms with Crippen LogP contribution in [-0.2, 0) is 4.79 Å². The van der Waals surface area contributed by atoms with E-state index in [2.05, 4.69) is 4.90 Å². The van der Waals surface area contributed by atoms with E-state index >= 15 is 0 Å². The molecule has 1 aromatic heterocycles. The third kappa shape index (κ3) is 3.66. The van der Waals surface area contributed by atoms with Crippen LogP contribution < -0.4 is 5.73 Å². The highest BCUT2D eigenvalue weighted by Gasteiger charge is 2.44. The Morgan fingerprint density at radius 3 is 2.50 bits per heavy atom. The zero-order valence-electron chi connectivity index (χ0n) is 15.8. The molecule has 6 nitrogen and oxygen atoms in total. The van der Waals surface area contributed by atoms with Crippen molar-refractivity contribution in [2.75, 3.05) is 26.2 Å². The van der Waals surface area contributed by atoms with Crippen LogP contribution in [0.1, 0.15) is 34.1 Å². The minimum atomic E-state index is -0.326. The van der Waals surface area contributed by atoms with Crippen molar-refractivity contribution in [3.8, 4) is 0 Å². The van der Waals surface area contributed by atoms with Gasteiger partial charge >= 0.3 is 0 Å². The van der Waals surface area contributed by atoms with Crippen molar-refractivity contribution in [3.05, 3.63) is 58.5 Å². The van der Waals surface area contributed by atoms with Crippen molar-refractivity contribution in [2.45, 2.75) is 19.4 Å². The summed E-state index contributed by atoms with van der Waals surface area (Å²) in [5, 5.41) is 0.696. The SMILES string of the molecule is Cc1ccc(C(CC(N)=O)N2CC3CN(C(=O)c4ccco4)CC3C2)cc1Cl. The number of fused-ring (bicyclic) bond motifs is 1. The predicted octanol–water partition coefficient (Wildman–Crippen LogP) is 2.86. The molecule has 4 rings (SSSR count). The average molecular weight is 402 g/mol. The quantitative estimate of drug-likeness (QED) is 0.835. The number of nitrogens with two attached hydrogens (primary N) is 1. The third-order valence-corrected chi connectivity index (χ3v) is 6.36. The van der Waals surface area contributed by atoms with Gasteiger partial charge in [-0.2, -0.15) is 0 Å². The molecular formula is C21H24ClN3O3. The van der Waals surface area contributed by atoms with Crippen LogP contribution in [-0.4, -0.2) is 47.8 Å². The maximum absolute atomic E-state index is 12.5. The molecule has 7 heteroatoms. The molecule has 2 aliphatic rings. The Morgan fingerprint density at radius 2 is 1.93 bits per heavy atom. The molecule has 28 heavy (non-hydrogen) atoms. The van der Waals surface area contributed by atoms with Gasteiger partial charge in [-0.25, -0.2) is 0 Å². The summed E-state index contributed by atoms with van der Waals surface area (Å²) in [6, 6.07) is 9.28. The van der Waals surface area contributed by atoms with Gasteiger partial charge in [0, 0.05) is 43.7 Å². The molecule has 2 aliphatic heterocycles. The molecular weight excluding hydrogens is 378 g/mol. The Balaban J connectivity index is 1.47. The van der Waals surface area contributed by atoms with E-state index in [9.17, 15) is 9.59 Å². The molecule has 2 amide bonds. The van der Waals surface area contributed by atoms with Gasteiger partial charge in [-0.1, -0.05) is 23.7 Å². The van der Waals surface area contributed by atoms with Crippen molar-refractivity contribution in [2.24, 2.45) is 17.6 Å². The van der Waals surface area contributed by atoms with Crippen LogP contribution in [0.15, 0.2) is 41.0 Å². The lowest BCUT2D eigenvalue weighted by Crippen LogP contribution is -2.35. The highest BCUT2D eigenvalue weighted by molar-refractivity contribution is 6.31. The lowest BCUT2D eigenvalue weighted by atomic mass is 10.0. The van der Waals surface area contributed by atoms with Gasteiger partial charge in [0.25, 0.3) is 5.91 Å². The van der Waals surface area contributed by atoms with Crippen LogP contribution in [0, 0.1) is 18.8 Å². The summed E-state index contributed by atoms with van der Waals surface area (Å²) in [7, 11) is 0. The van der Waals surface area contributed by atoms with E-state index in [4.69, 9.17) is 21.8 Å². The Kier molecular flexibility index (Phi) is 5.17. The molecule has 0 bridgehead atoms. The average Bonchev–Trinajstić information content (AvgIpc) is 3.37. The first-order valence-electron chi connectivity index (χ1n) is 9.53. The molecule has 3 atom stereocenters. The number of amides is 2. The number of halogens is 1. The molecule has 148 valence electrons. The smallest absolute Gasteiger partial charge is 0.289 e. The fraction of sp³-hybridized carbons (Fsp3) is 0.429. The summed E-state index contributed by atoms with van der Waals surface area (Å²) >= 11 is 6.31. The fourth-order valence-corrected chi connectivity index (χ4v) is 4.66. The van der Waals surface area contributed by atoms with E-state index in [1.165, 1.54) is 6.26 Å². The first kappa shape index (κ1) is 19.0. The number of likely N-dealkylation sites (tertiary alicyclic amines) is 2. The van der Waals surface area contributed by atoms with Crippen LogP contribution in [0.5, 0.6) is 0 Å². The molecule has 3 unspecified atom stereocenters. The largest absolute Gasteiger partial charge is 0.459 e. The van der Waals surface area contributed by atoms with Crippen molar-refractivity contribution in [3.63, 3.8) is 0 Å². The molecule has 2 fully saturated rings. The molecule has 3 heterocycles. The van der Waals surface area contributed by atoms with Crippen LogP contribution in [0.25, 0.3) is 0 Å². The van der Waals surface area contributed by atoms with Gasteiger partial charge in [0.15, 0.2) is 5.76 Å². The Hall–Kier alpha value is -2.31. The Morgan fingerprint density at radius 1 is 1.21 bits per heavy atom. The summed E-state index contributed by atoms with van der Waals surface area (Å²) in [6.45, 7) is 5.03. The number of carbonyl (C=O) groups excluding carboxylic acids is 2. The lowest BCUT2D eigenvalue weighted by molar-refractivity contribution is -0.119. The molecule has 2 N–H and O–H groups in total. The van der Waals surface area contributed by atoms with E-state index in [0.29, 0.717) is 35.7 Å². The van der Waals surface area contributed by atoms with Crippen LogP contribution in [0.2, 0.25) is 5.02 Å². The van der Waals surface area contributed by atoms with E-state index in [1.54, 1.807) is 12.1 Å². The van der Waals surface area contributed by atoms with Gasteiger partial charge in [0.1, 0.15) is 0 Å². The second-order valence-corrected chi connectivity index (χ2v) is 8.26. The van der Waals surface area contributed by atoms with Gasteiger partial charge in [-0.15, -0.1) is 0 Å². The van der Waals surface area contributed by atoms with Crippen LogP contribution >= 0.6 is 11.6 Å². The fourth-order valence-electron chi connectivity index (χ4n) is 4.47. The predicted molar refractivity (Wildman–Crippen MR) is 106 cm³/mol. The number of nitrogens with zero attached hydrogens (tertiary/aromatic N) is 2. The first-order chi connectivity index (χ1) is 13.4. The minimum absolute atomic E-state index is 0.0510. The Bertz CT molecular complexity index is 869. The molecule has 0 radical (unpaired) electrons. The second-order valence-electron chi connectivity index (χ2n) is 7.86. The number of furan rings is 1. The maximum atomic E-state index is 12.5. The first-order valence-corrected chi connectivity index (χ1v) is 9.91. The normalized spacial score (nSPS) is 23.0. The van der Waals surface area contributed by atoms with Crippen LogP contribution in [0.3, 0.4) is 0 Å². The number of benzene rings is 1. The van der Waals surface area contributed by atoms with E-state index in [0.717, 1.165) is 24.2 Å². The highest BCUT2D eigenvalue weighted by atomic mass is 35.5. The topological polar surface area (TPSA) is 79.8 Å².